The average molecular weight is 350 g/mol. The molecule has 1 aromatic heterocycles. The second-order valence-electron chi connectivity index (χ2n) is 5.64. The Hall–Kier alpha value is -2.18. The van der Waals surface area contributed by atoms with Crippen LogP contribution in [0.4, 0.5) is 0 Å². The predicted octanol–water partition coefficient (Wildman–Crippen LogP) is 1.76. The molecule has 0 unspecified atom stereocenters. The lowest BCUT2D eigenvalue weighted by molar-refractivity contribution is -0.142. The zero-order chi connectivity index (χ0) is 18.0. The van der Waals surface area contributed by atoms with Gasteiger partial charge in [-0.1, -0.05) is 23.7 Å². The van der Waals surface area contributed by atoms with Gasteiger partial charge in [0.2, 0.25) is 0 Å². The summed E-state index contributed by atoms with van der Waals surface area (Å²) in [4.78, 5) is 28.2. The lowest BCUT2D eigenvalue weighted by Crippen LogP contribution is -2.33. The number of carbonyl (C=O) groups excluding carboxylic acids is 1. The molecule has 1 aromatic carbocycles. The molecule has 1 atom stereocenters. The molecule has 0 spiro atoms. The summed E-state index contributed by atoms with van der Waals surface area (Å²) < 4.78 is 6.16. The molecule has 128 valence electrons. The Bertz CT molecular complexity index is 846. The van der Waals surface area contributed by atoms with Gasteiger partial charge in [-0.2, -0.15) is 0 Å². The Morgan fingerprint density at radius 3 is 2.67 bits per heavy atom. The lowest BCUT2D eigenvalue weighted by atomic mass is 10.0. The summed E-state index contributed by atoms with van der Waals surface area (Å²) in [5.41, 5.74) is 8.75. The number of esters is 1. The van der Waals surface area contributed by atoms with E-state index in [0.29, 0.717) is 22.7 Å². The number of ether oxygens (including phenoxy) is 1. The van der Waals surface area contributed by atoms with Gasteiger partial charge >= 0.3 is 5.97 Å². The molecule has 2 N–H and O–H groups in total. The van der Waals surface area contributed by atoms with Crippen LogP contribution in [-0.4, -0.2) is 28.7 Å². The monoisotopic (exact) mass is 349 g/mol. The molecule has 2 aromatic rings. The van der Waals surface area contributed by atoms with Gasteiger partial charge in [0.05, 0.1) is 17.8 Å². The quantitative estimate of drug-likeness (QED) is 0.850. The van der Waals surface area contributed by atoms with Gasteiger partial charge in [-0.05, 0) is 31.9 Å². The summed E-state index contributed by atoms with van der Waals surface area (Å²) in [6, 6.07) is 4.43. The van der Waals surface area contributed by atoms with Crippen molar-refractivity contribution in [3.05, 3.63) is 50.5 Å². The SMILES string of the molecule is COC(=O)[C@@H](N)Cc1ccc(-c2nc(C)c(C)n(C)c2=O)c(Cl)c1. The first kappa shape index (κ1) is 18.2. The van der Waals surface area contributed by atoms with E-state index in [1.165, 1.54) is 7.11 Å². The summed E-state index contributed by atoms with van der Waals surface area (Å²) in [5.74, 6) is -0.486. The zero-order valence-corrected chi connectivity index (χ0v) is 14.8. The number of benzene rings is 1. The summed E-state index contributed by atoms with van der Waals surface area (Å²) in [6.07, 6.45) is 0.297. The van der Waals surface area contributed by atoms with E-state index in [4.69, 9.17) is 17.3 Å². The first-order valence-corrected chi connectivity index (χ1v) is 7.80. The van der Waals surface area contributed by atoms with E-state index in [1.54, 1.807) is 29.8 Å². The number of carbonyl (C=O) groups is 1. The first-order chi connectivity index (χ1) is 11.3. The van der Waals surface area contributed by atoms with Crippen molar-refractivity contribution in [3.63, 3.8) is 0 Å². The average Bonchev–Trinajstić information content (AvgIpc) is 2.56. The number of nitrogens with two attached hydrogens (primary N) is 1. The third-order valence-electron chi connectivity index (χ3n) is 4.06. The van der Waals surface area contributed by atoms with Crippen molar-refractivity contribution >= 4 is 17.6 Å². The van der Waals surface area contributed by atoms with Crippen molar-refractivity contribution in [3.8, 4) is 11.3 Å². The fourth-order valence-electron chi connectivity index (χ4n) is 2.39. The molecule has 0 bridgehead atoms. The molecule has 0 amide bonds. The Labute approximate surface area is 145 Å². The van der Waals surface area contributed by atoms with Crippen molar-refractivity contribution in [2.45, 2.75) is 26.3 Å². The molecule has 0 saturated carbocycles. The van der Waals surface area contributed by atoms with E-state index in [-0.39, 0.29) is 5.56 Å². The highest BCUT2D eigenvalue weighted by atomic mass is 35.5. The van der Waals surface area contributed by atoms with Crippen LogP contribution in [0.5, 0.6) is 0 Å². The third kappa shape index (κ3) is 3.49. The van der Waals surface area contributed by atoms with Crippen LogP contribution in [-0.2, 0) is 23.0 Å². The van der Waals surface area contributed by atoms with Crippen LogP contribution in [0.1, 0.15) is 17.0 Å². The van der Waals surface area contributed by atoms with Gasteiger partial charge in [0.15, 0.2) is 0 Å². The van der Waals surface area contributed by atoms with Crippen LogP contribution in [0.3, 0.4) is 0 Å². The van der Waals surface area contributed by atoms with E-state index in [2.05, 4.69) is 9.72 Å². The van der Waals surface area contributed by atoms with Gasteiger partial charge in [0.1, 0.15) is 11.7 Å². The van der Waals surface area contributed by atoms with E-state index < -0.39 is 12.0 Å². The number of aromatic nitrogens is 2. The van der Waals surface area contributed by atoms with Crippen LogP contribution < -0.4 is 11.3 Å². The Kier molecular flexibility index (Phi) is 5.41. The first-order valence-electron chi connectivity index (χ1n) is 7.42. The number of nitrogens with zero attached hydrogens (tertiary/aromatic N) is 2. The maximum absolute atomic E-state index is 12.4. The number of aryl methyl sites for hydroxylation is 1. The summed E-state index contributed by atoms with van der Waals surface area (Å²) >= 11 is 6.33. The highest BCUT2D eigenvalue weighted by Crippen LogP contribution is 2.26. The van der Waals surface area contributed by atoms with Crippen LogP contribution >= 0.6 is 11.6 Å². The van der Waals surface area contributed by atoms with Crippen molar-refractivity contribution in [2.24, 2.45) is 12.8 Å². The molecular formula is C17H20ClN3O3. The summed E-state index contributed by atoms with van der Waals surface area (Å²) in [6.45, 7) is 3.68. The topological polar surface area (TPSA) is 87.2 Å². The minimum atomic E-state index is -0.760. The molecule has 0 saturated heterocycles. The summed E-state index contributed by atoms with van der Waals surface area (Å²) in [7, 11) is 2.99. The van der Waals surface area contributed by atoms with Gasteiger partial charge in [-0.15, -0.1) is 0 Å². The molecule has 1 heterocycles. The Balaban J connectivity index is 2.42. The molecule has 7 heteroatoms. The van der Waals surface area contributed by atoms with Gasteiger partial charge < -0.3 is 15.0 Å². The minimum absolute atomic E-state index is 0.209. The number of hydrogen-bond donors (Lipinski definition) is 1. The van der Waals surface area contributed by atoms with Crippen molar-refractivity contribution in [1.29, 1.82) is 0 Å². The van der Waals surface area contributed by atoms with Crippen molar-refractivity contribution in [2.75, 3.05) is 7.11 Å². The number of rotatable bonds is 4. The van der Waals surface area contributed by atoms with Crippen LogP contribution in [0.2, 0.25) is 5.02 Å². The van der Waals surface area contributed by atoms with Gasteiger partial charge in [0, 0.05) is 18.3 Å². The van der Waals surface area contributed by atoms with Gasteiger partial charge in [-0.25, -0.2) is 4.98 Å². The Morgan fingerprint density at radius 2 is 2.08 bits per heavy atom. The maximum atomic E-state index is 12.4. The van der Waals surface area contributed by atoms with E-state index in [9.17, 15) is 9.59 Å². The van der Waals surface area contributed by atoms with Crippen LogP contribution in [0.25, 0.3) is 11.3 Å². The molecule has 0 radical (unpaired) electrons. The maximum Gasteiger partial charge on any atom is 0.322 e. The smallest absolute Gasteiger partial charge is 0.322 e. The standard InChI is InChI=1S/C17H20ClN3O3/c1-9-10(2)21(3)16(22)15(20-9)12-6-5-11(7-13(12)18)8-14(19)17(23)24-4/h5-7,14H,8,19H2,1-4H3/t14-/m0/s1. The number of hydrogen-bond acceptors (Lipinski definition) is 5. The fraction of sp³-hybridized carbons (Fsp3) is 0.353. The number of halogens is 1. The van der Waals surface area contributed by atoms with E-state index in [1.807, 2.05) is 13.8 Å². The van der Waals surface area contributed by atoms with Gasteiger partial charge in [0.25, 0.3) is 5.56 Å². The highest BCUT2D eigenvalue weighted by Gasteiger charge is 2.17. The molecule has 2 rings (SSSR count). The predicted molar refractivity (Wildman–Crippen MR) is 93.1 cm³/mol. The zero-order valence-electron chi connectivity index (χ0n) is 14.1. The van der Waals surface area contributed by atoms with Crippen LogP contribution in [0, 0.1) is 13.8 Å². The van der Waals surface area contributed by atoms with E-state index >= 15 is 0 Å². The minimum Gasteiger partial charge on any atom is -0.468 e. The molecular weight excluding hydrogens is 330 g/mol. The third-order valence-corrected chi connectivity index (χ3v) is 4.37. The van der Waals surface area contributed by atoms with Crippen molar-refractivity contribution < 1.29 is 9.53 Å². The number of methoxy groups -OCH3 is 1. The van der Waals surface area contributed by atoms with Crippen LogP contribution in [0.15, 0.2) is 23.0 Å². The molecule has 6 nitrogen and oxygen atoms in total. The Morgan fingerprint density at radius 1 is 1.42 bits per heavy atom. The molecule has 24 heavy (non-hydrogen) atoms. The largest absolute Gasteiger partial charge is 0.468 e. The lowest BCUT2D eigenvalue weighted by Gasteiger charge is -2.13. The molecule has 0 aliphatic carbocycles. The normalized spacial score (nSPS) is 12.1. The second-order valence-corrected chi connectivity index (χ2v) is 6.05. The fourth-order valence-corrected chi connectivity index (χ4v) is 2.68. The summed E-state index contributed by atoms with van der Waals surface area (Å²) in [5, 5.41) is 0.386. The van der Waals surface area contributed by atoms with Gasteiger partial charge in [-0.3, -0.25) is 9.59 Å². The highest BCUT2D eigenvalue weighted by molar-refractivity contribution is 6.33. The molecule has 0 aliphatic rings. The molecule has 0 fully saturated rings. The molecule has 0 aliphatic heterocycles. The van der Waals surface area contributed by atoms with E-state index in [0.717, 1.165) is 17.0 Å². The second kappa shape index (κ2) is 7.15. The van der Waals surface area contributed by atoms with Crippen molar-refractivity contribution in [1.82, 2.24) is 9.55 Å².